The summed E-state index contributed by atoms with van der Waals surface area (Å²) in [5, 5.41) is 1.77. The molecule has 0 atom stereocenters. The monoisotopic (exact) mass is 308 g/mol. The highest BCUT2D eigenvalue weighted by Gasteiger charge is 2.04. The Morgan fingerprint density at radius 2 is 1.86 bits per heavy atom. The van der Waals surface area contributed by atoms with E-state index >= 15 is 0 Å². The van der Waals surface area contributed by atoms with Crippen molar-refractivity contribution in [2.75, 3.05) is 0 Å². The molecular weight excluding hydrogens is 294 g/mol. The van der Waals surface area contributed by atoms with E-state index in [-0.39, 0.29) is 5.78 Å². The maximum atomic E-state index is 12.1. The first-order chi connectivity index (χ1) is 10.6. The fraction of sp³-hybridized carbons (Fsp3) is 0.0526. The lowest BCUT2D eigenvalue weighted by atomic mass is 10.1. The van der Waals surface area contributed by atoms with Crippen molar-refractivity contribution in [2.45, 2.75) is 0 Å². The van der Waals surface area contributed by atoms with Gasteiger partial charge < -0.3 is 0 Å². The number of ketones is 1. The Hall–Kier alpha value is -2.45. The predicted molar refractivity (Wildman–Crippen MR) is 89.9 cm³/mol. The highest BCUT2D eigenvalue weighted by Crippen LogP contribution is 2.14. The number of hydrogen-bond acceptors (Lipinski definition) is 1. The van der Waals surface area contributed by atoms with E-state index in [1.165, 1.54) is 0 Å². The van der Waals surface area contributed by atoms with Gasteiger partial charge in [0, 0.05) is 28.1 Å². The maximum absolute atomic E-state index is 12.1. The van der Waals surface area contributed by atoms with Crippen LogP contribution in [0.4, 0.5) is 0 Å². The molecule has 2 aromatic carbocycles. The van der Waals surface area contributed by atoms with Gasteiger partial charge in [-0.15, -0.1) is 0 Å². The van der Waals surface area contributed by atoms with Crippen LogP contribution in [0.1, 0.15) is 15.9 Å². The van der Waals surface area contributed by atoms with Crippen LogP contribution in [0.5, 0.6) is 0 Å². The smallest absolute Gasteiger partial charge is 0.212 e. The topological polar surface area (TPSA) is 20.9 Å². The number of fused-ring (bicyclic) bond motifs is 1. The lowest BCUT2D eigenvalue weighted by Gasteiger charge is -1.99. The standard InChI is InChI=1S/C19H15ClNO/c1-21-12-2-3-16-13-14(4-10-18(16)21)5-11-19(22)15-6-8-17(20)9-7-15/h2-13H,1H3/q+1/b11-5+. The lowest BCUT2D eigenvalue weighted by Crippen LogP contribution is -2.27. The minimum absolute atomic E-state index is 0.0321. The fourth-order valence-corrected chi connectivity index (χ4v) is 2.50. The molecule has 0 amide bonds. The molecule has 0 radical (unpaired) electrons. The lowest BCUT2D eigenvalue weighted by molar-refractivity contribution is -0.644. The zero-order chi connectivity index (χ0) is 15.5. The van der Waals surface area contributed by atoms with Crippen molar-refractivity contribution in [3.8, 4) is 0 Å². The van der Waals surface area contributed by atoms with E-state index in [9.17, 15) is 4.79 Å². The Balaban J connectivity index is 1.86. The van der Waals surface area contributed by atoms with Crippen LogP contribution in [-0.2, 0) is 7.05 Å². The second-order valence-electron chi connectivity index (χ2n) is 5.14. The number of aromatic nitrogens is 1. The van der Waals surface area contributed by atoms with Gasteiger partial charge >= 0.3 is 0 Å². The second-order valence-corrected chi connectivity index (χ2v) is 5.58. The number of carbonyl (C=O) groups is 1. The Morgan fingerprint density at radius 3 is 2.64 bits per heavy atom. The van der Waals surface area contributed by atoms with Crippen LogP contribution in [0.15, 0.2) is 66.9 Å². The number of allylic oxidation sites excluding steroid dienone is 1. The van der Waals surface area contributed by atoms with Crippen molar-refractivity contribution in [2.24, 2.45) is 7.05 Å². The summed E-state index contributed by atoms with van der Waals surface area (Å²) in [6.07, 6.45) is 5.44. The Bertz CT molecular complexity index is 866. The predicted octanol–water partition coefficient (Wildman–Crippen LogP) is 4.21. The van der Waals surface area contributed by atoms with Crippen LogP contribution in [0, 0.1) is 0 Å². The average Bonchev–Trinajstić information content (AvgIpc) is 2.53. The number of aryl methyl sites for hydroxylation is 1. The molecule has 0 fully saturated rings. The third kappa shape index (κ3) is 3.07. The minimum Gasteiger partial charge on any atom is -0.289 e. The fourth-order valence-electron chi connectivity index (χ4n) is 2.37. The SMILES string of the molecule is C[n+]1cccc2cc(/C=C/C(=O)c3ccc(Cl)cc3)ccc21. The Labute approximate surface area is 134 Å². The summed E-state index contributed by atoms with van der Waals surface area (Å²) in [7, 11) is 2.02. The minimum atomic E-state index is -0.0321. The molecule has 0 saturated carbocycles. The molecule has 1 aromatic heterocycles. The number of rotatable bonds is 3. The van der Waals surface area contributed by atoms with Crippen LogP contribution in [-0.4, -0.2) is 5.78 Å². The van der Waals surface area contributed by atoms with E-state index in [0.29, 0.717) is 10.6 Å². The highest BCUT2D eigenvalue weighted by molar-refractivity contribution is 6.30. The summed E-state index contributed by atoms with van der Waals surface area (Å²) in [5.74, 6) is -0.0321. The summed E-state index contributed by atoms with van der Waals surface area (Å²) in [6, 6.07) is 17.1. The number of nitrogens with zero attached hydrogens (tertiary/aromatic N) is 1. The molecule has 2 nitrogen and oxygen atoms in total. The first-order valence-corrected chi connectivity index (χ1v) is 7.38. The molecule has 3 rings (SSSR count). The van der Waals surface area contributed by atoms with Gasteiger partial charge in [0.15, 0.2) is 12.0 Å². The van der Waals surface area contributed by atoms with Gasteiger partial charge in [-0.3, -0.25) is 4.79 Å². The molecule has 0 spiro atoms. The summed E-state index contributed by atoms with van der Waals surface area (Å²) in [4.78, 5) is 12.1. The average molecular weight is 309 g/mol. The molecule has 0 bridgehead atoms. The van der Waals surface area contributed by atoms with E-state index in [1.807, 2.05) is 31.5 Å². The van der Waals surface area contributed by atoms with Gasteiger partial charge in [-0.05, 0) is 54.1 Å². The van der Waals surface area contributed by atoms with Crippen LogP contribution in [0.3, 0.4) is 0 Å². The van der Waals surface area contributed by atoms with Crippen LogP contribution in [0.25, 0.3) is 17.0 Å². The maximum Gasteiger partial charge on any atom is 0.212 e. The molecule has 0 unspecified atom stereocenters. The van der Waals surface area contributed by atoms with Gasteiger partial charge in [0.25, 0.3) is 0 Å². The number of carbonyl (C=O) groups excluding carboxylic acids is 1. The molecule has 22 heavy (non-hydrogen) atoms. The van der Waals surface area contributed by atoms with Crippen LogP contribution >= 0.6 is 11.6 Å². The third-order valence-electron chi connectivity index (χ3n) is 3.57. The molecule has 0 aliphatic carbocycles. The number of hydrogen-bond donors (Lipinski definition) is 0. The Kier molecular flexibility index (Phi) is 4.03. The van der Waals surface area contributed by atoms with Gasteiger partial charge in [0.2, 0.25) is 5.52 Å². The quantitative estimate of drug-likeness (QED) is 0.403. The van der Waals surface area contributed by atoms with Crippen LogP contribution < -0.4 is 4.57 Å². The molecule has 108 valence electrons. The molecule has 0 saturated heterocycles. The zero-order valence-electron chi connectivity index (χ0n) is 12.2. The molecule has 0 aliphatic rings. The van der Waals surface area contributed by atoms with Gasteiger partial charge in [-0.25, -0.2) is 4.57 Å². The summed E-state index contributed by atoms with van der Waals surface area (Å²) in [5.41, 5.74) is 2.79. The van der Waals surface area contributed by atoms with Crippen molar-refractivity contribution < 1.29 is 9.36 Å². The molecule has 1 heterocycles. The molecule has 0 N–H and O–H groups in total. The summed E-state index contributed by atoms with van der Waals surface area (Å²) >= 11 is 5.83. The van der Waals surface area contributed by atoms with Gasteiger partial charge in [0.05, 0.1) is 0 Å². The van der Waals surface area contributed by atoms with Gasteiger partial charge in [0.1, 0.15) is 7.05 Å². The molecule has 3 aromatic rings. The molecular formula is C19H15ClNO+. The van der Waals surface area contributed by atoms with Crippen molar-refractivity contribution in [3.63, 3.8) is 0 Å². The zero-order valence-corrected chi connectivity index (χ0v) is 12.9. The van der Waals surface area contributed by atoms with Crippen LogP contribution in [0.2, 0.25) is 5.02 Å². The number of pyridine rings is 1. The summed E-state index contributed by atoms with van der Waals surface area (Å²) < 4.78 is 2.07. The number of benzene rings is 2. The highest BCUT2D eigenvalue weighted by atomic mass is 35.5. The largest absolute Gasteiger partial charge is 0.289 e. The van der Waals surface area contributed by atoms with Crippen molar-refractivity contribution in [1.29, 1.82) is 0 Å². The first-order valence-electron chi connectivity index (χ1n) is 7.00. The van der Waals surface area contributed by atoms with Crippen molar-refractivity contribution in [3.05, 3.63) is 83.0 Å². The molecule has 3 heteroatoms. The normalized spacial score (nSPS) is 11.2. The van der Waals surface area contributed by atoms with Crippen molar-refractivity contribution >= 4 is 34.4 Å². The van der Waals surface area contributed by atoms with E-state index < -0.39 is 0 Å². The number of halogens is 1. The van der Waals surface area contributed by atoms with E-state index in [4.69, 9.17) is 11.6 Å². The van der Waals surface area contributed by atoms with E-state index in [2.05, 4.69) is 22.8 Å². The molecule has 0 aliphatic heterocycles. The van der Waals surface area contributed by atoms with Crippen molar-refractivity contribution in [1.82, 2.24) is 0 Å². The Morgan fingerprint density at radius 1 is 1.09 bits per heavy atom. The van der Waals surface area contributed by atoms with Gasteiger partial charge in [-0.2, -0.15) is 0 Å². The third-order valence-corrected chi connectivity index (χ3v) is 3.82. The van der Waals surface area contributed by atoms with E-state index in [1.54, 1.807) is 30.3 Å². The first kappa shape index (κ1) is 14.5. The van der Waals surface area contributed by atoms with E-state index in [0.717, 1.165) is 16.5 Å². The van der Waals surface area contributed by atoms with Gasteiger partial charge in [-0.1, -0.05) is 17.7 Å². The summed E-state index contributed by atoms with van der Waals surface area (Å²) in [6.45, 7) is 0. The second kappa shape index (κ2) is 6.12.